The Morgan fingerprint density at radius 1 is 1.67 bits per heavy atom. The number of hydrogen-bond acceptors (Lipinski definition) is 2. The quantitative estimate of drug-likeness (QED) is 0.579. The van der Waals surface area contributed by atoms with E-state index in [1.54, 1.807) is 4.68 Å². The van der Waals surface area contributed by atoms with E-state index in [2.05, 4.69) is 29.3 Å². The van der Waals surface area contributed by atoms with Gasteiger partial charge in [-0.25, -0.2) is 0 Å². The summed E-state index contributed by atoms with van der Waals surface area (Å²) >= 11 is 0. The van der Waals surface area contributed by atoms with Gasteiger partial charge in [-0.15, -0.1) is 0 Å². The first kappa shape index (κ1) is 11.6. The minimum Gasteiger partial charge on any atom is -0.370 e. The predicted octanol–water partition coefficient (Wildman–Crippen LogP) is 1.11. The number of anilines is 1. The molecule has 5 heteroatoms. The number of aliphatic imine (C=N–C) groups is 1. The summed E-state index contributed by atoms with van der Waals surface area (Å²) in [5.74, 6) is 0.958. The summed E-state index contributed by atoms with van der Waals surface area (Å²) in [7, 11) is 1.87. The number of nitrogens with one attached hydrogen (secondary N) is 1. The fourth-order valence-corrected chi connectivity index (χ4v) is 1.18. The average Bonchev–Trinajstić information content (AvgIpc) is 2.42. The third kappa shape index (κ3) is 3.61. The van der Waals surface area contributed by atoms with E-state index in [0.29, 0.717) is 11.9 Å². The Balaban J connectivity index is 2.61. The van der Waals surface area contributed by atoms with Gasteiger partial charge in [-0.05, 0) is 12.8 Å². The smallest absolute Gasteiger partial charge is 0.193 e. The highest BCUT2D eigenvalue weighted by molar-refractivity contribution is 5.92. The molecule has 0 amide bonds. The lowest BCUT2D eigenvalue weighted by molar-refractivity contribution is 0.665. The van der Waals surface area contributed by atoms with E-state index in [1.165, 1.54) is 0 Å². The Bertz CT molecular complexity index is 351. The summed E-state index contributed by atoms with van der Waals surface area (Å²) in [5, 5.41) is 7.23. The molecule has 0 aliphatic rings. The predicted molar refractivity (Wildman–Crippen MR) is 62.9 cm³/mol. The van der Waals surface area contributed by atoms with Crippen LogP contribution in [0.3, 0.4) is 0 Å². The third-order valence-corrected chi connectivity index (χ3v) is 1.90. The SMILES string of the molecule is Cc1nn(C)cc1NC(N)=NCC(C)C. The van der Waals surface area contributed by atoms with Gasteiger partial charge in [0.05, 0.1) is 11.4 Å². The molecule has 15 heavy (non-hydrogen) atoms. The van der Waals surface area contributed by atoms with Crippen LogP contribution in [0.15, 0.2) is 11.2 Å². The Morgan fingerprint density at radius 3 is 2.80 bits per heavy atom. The lowest BCUT2D eigenvalue weighted by Gasteiger charge is -2.04. The van der Waals surface area contributed by atoms with Crippen LogP contribution in [0, 0.1) is 12.8 Å². The minimum absolute atomic E-state index is 0.444. The molecule has 0 aromatic carbocycles. The maximum Gasteiger partial charge on any atom is 0.193 e. The summed E-state index contributed by atoms with van der Waals surface area (Å²) in [6.45, 7) is 6.87. The molecule has 0 fully saturated rings. The molecule has 0 atom stereocenters. The monoisotopic (exact) mass is 209 g/mol. The van der Waals surface area contributed by atoms with Gasteiger partial charge >= 0.3 is 0 Å². The maximum absolute atomic E-state index is 5.73. The first-order chi connectivity index (χ1) is 6.99. The average molecular weight is 209 g/mol. The molecule has 1 rings (SSSR count). The van der Waals surface area contributed by atoms with Crippen LogP contribution in [0.5, 0.6) is 0 Å². The van der Waals surface area contributed by atoms with Crippen LogP contribution in [0.4, 0.5) is 5.69 Å². The van der Waals surface area contributed by atoms with Crippen molar-refractivity contribution in [2.24, 2.45) is 23.7 Å². The van der Waals surface area contributed by atoms with Crippen molar-refractivity contribution in [2.75, 3.05) is 11.9 Å². The number of nitrogens with two attached hydrogens (primary N) is 1. The highest BCUT2D eigenvalue weighted by Gasteiger charge is 2.03. The Labute approximate surface area is 90.4 Å². The fraction of sp³-hybridized carbons (Fsp3) is 0.600. The Kier molecular flexibility index (Phi) is 3.71. The second kappa shape index (κ2) is 4.82. The lowest BCUT2D eigenvalue weighted by atomic mass is 10.2. The van der Waals surface area contributed by atoms with E-state index < -0.39 is 0 Å². The van der Waals surface area contributed by atoms with Crippen LogP contribution in [0.2, 0.25) is 0 Å². The molecule has 0 unspecified atom stereocenters. The van der Waals surface area contributed by atoms with Crippen LogP contribution >= 0.6 is 0 Å². The van der Waals surface area contributed by atoms with Crippen LogP contribution in [0.1, 0.15) is 19.5 Å². The molecule has 1 heterocycles. The summed E-state index contributed by atoms with van der Waals surface area (Å²) in [4.78, 5) is 4.22. The summed E-state index contributed by atoms with van der Waals surface area (Å²) in [6.07, 6.45) is 1.88. The summed E-state index contributed by atoms with van der Waals surface area (Å²) < 4.78 is 1.74. The van der Waals surface area contributed by atoms with Crippen molar-refractivity contribution in [1.82, 2.24) is 9.78 Å². The molecule has 1 aromatic rings. The highest BCUT2D eigenvalue weighted by atomic mass is 15.3. The van der Waals surface area contributed by atoms with Gasteiger partial charge in [0.25, 0.3) is 0 Å². The second-order valence-corrected chi connectivity index (χ2v) is 4.05. The maximum atomic E-state index is 5.73. The van der Waals surface area contributed by atoms with Crippen molar-refractivity contribution in [3.63, 3.8) is 0 Å². The molecule has 0 bridgehead atoms. The lowest BCUT2D eigenvalue weighted by Crippen LogP contribution is -2.23. The standard InChI is InChI=1S/C10H19N5/c1-7(2)5-12-10(11)13-9-6-15(4)14-8(9)3/h6-7H,5H2,1-4H3,(H3,11,12,13). The van der Waals surface area contributed by atoms with Gasteiger partial charge < -0.3 is 11.1 Å². The molecular formula is C10H19N5. The number of aryl methyl sites for hydroxylation is 2. The molecular weight excluding hydrogens is 190 g/mol. The summed E-state index contributed by atoms with van der Waals surface area (Å²) in [5.41, 5.74) is 7.56. The van der Waals surface area contributed by atoms with Gasteiger partial charge in [-0.1, -0.05) is 13.8 Å². The molecule has 0 radical (unpaired) electrons. The first-order valence-corrected chi connectivity index (χ1v) is 5.06. The van der Waals surface area contributed by atoms with Crippen molar-refractivity contribution in [3.8, 4) is 0 Å². The number of aromatic nitrogens is 2. The zero-order chi connectivity index (χ0) is 11.4. The van der Waals surface area contributed by atoms with E-state index in [-0.39, 0.29) is 0 Å². The molecule has 3 N–H and O–H groups in total. The topological polar surface area (TPSA) is 68.2 Å². The zero-order valence-electron chi connectivity index (χ0n) is 9.78. The molecule has 0 saturated carbocycles. The van der Waals surface area contributed by atoms with Crippen molar-refractivity contribution in [1.29, 1.82) is 0 Å². The van der Waals surface area contributed by atoms with Crippen molar-refractivity contribution in [3.05, 3.63) is 11.9 Å². The van der Waals surface area contributed by atoms with E-state index in [4.69, 9.17) is 5.73 Å². The minimum atomic E-state index is 0.444. The van der Waals surface area contributed by atoms with E-state index in [0.717, 1.165) is 17.9 Å². The van der Waals surface area contributed by atoms with Crippen LogP contribution < -0.4 is 11.1 Å². The Morgan fingerprint density at radius 2 is 2.33 bits per heavy atom. The number of rotatable bonds is 3. The largest absolute Gasteiger partial charge is 0.370 e. The first-order valence-electron chi connectivity index (χ1n) is 5.06. The number of nitrogens with zero attached hydrogens (tertiary/aromatic N) is 3. The van der Waals surface area contributed by atoms with Crippen molar-refractivity contribution in [2.45, 2.75) is 20.8 Å². The molecule has 1 aromatic heterocycles. The van der Waals surface area contributed by atoms with Gasteiger partial charge in [0.2, 0.25) is 0 Å². The Hall–Kier alpha value is -1.52. The van der Waals surface area contributed by atoms with Gasteiger partial charge in [0.15, 0.2) is 5.96 Å². The van der Waals surface area contributed by atoms with Crippen LogP contribution in [-0.4, -0.2) is 22.3 Å². The number of guanidine groups is 1. The van der Waals surface area contributed by atoms with Crippen molar-refractivity contribution < 1.29 is 0 Å². The van der Waals surface area contributed by atoms with Crippen molar-refractivity contribution >= 4 is 11.6 Å². The molecule has 5 nitrogen and oxygen atoms in total. The van der Waals surface area contributed by atoms with Gasteiger partial charge in [0, 0.05) is 19.8 Å². The highest BCUT2D eigenvalue weighted by Crippen LogP contribution is 2.10. The molecule has 0 saturated heterocycles. The fourth-order valence-electron chi connectivity index (χ4n) is 1.18. The van der Waals surface area contributed by atoms with E-state index >= 15 is 0 Å². The number of hydrogen-bond donors (Lipinski definition) is 2. The van der Waals surface area contributed by atoms with E-state index in [9.17, 15) is 0 Å². The van der Waals surface area contributed by atoms with Gasteiger partial charge in [0.1, 0.15) is 0 Å². The molecule has 0 spiro atoms. The van der Waals surface area contributed by atoms with Gasteiger partial charge in [-0.2, -0.15) is 5.10 Å². The normalized spacial score (nSPS) is 12.2. The summed E-state index contributed by atoms with van der Waals surface area (Å²) in [6, 6.07) is 0. The van der Waals surface area contributed by atoms with E-state index in [1.807, 2.05) is 20.2 Å². The van der Waals surface area contributed by atoms with Crippen LogP contribution in [-0.2, 0) is 7.05 Å². The van der Waals surface area contributed by atoms with Gasteiger partial charge in [-0.3, -0.25) is 9.67 Å². The van der Waals surface area contributed by atoms with Crippen LogP contribution in [0.25, 0.3) is 0 Å². The third-order valence-electron chi connectivity index (χ3n) is 1.90. The second-order valence-electron chi connectivity index (χ2n) is 4.05. The molecule has 0 aliphatic carbocycles. The molecule has 0 aliphatic heterocycles. The zero-order valence-corrected chi connectivity index (χ0v) is 9.78. The molecule has 84 valence electrons.